The molecule has 0 saturated heterocycles. The molecule has 0 spiro atoms. The van der Waals surface area contributed by atoms with Gasteiger partial charge in [-0.3, -0.25) is 0 Å². The fourth-order valence-electron chi connectivity index (χ4n) is 0.711. The van der Waals surface area contributed by atoms with E-state index in [9.17, 15) is 0 Å². The number of anilines is 1. The lowest BCUT2D eigenvalue weighted by Crippen LogP contribution is -1.90. The van der Waals surface area contributed by atoms with Gasteiger partial charge in [-0.15, -0.1) is 11.8 Å². The number of hydrogen-bond donors (Lipinski definition) is 1. The molecule has 11 heavy (non-hydrogen) atoms. The van der Waals surface area contributed by atoms with Gasteiger partial charge in [0.05, 0.1) is 17.4 Å². The SMILES string of the molecule is CSc1ncc(N)cc1C#N. The maximum Gasteiger partial charge on any atom is 0.114 e. The second-order valence-electron chi connectivity index (χ2n) is 1.94. The molecule has 4 heteroatoms. The van der Waals surface area contributed by atoms with Crippen molar-refractivity contribution in [1.82, 2.24) is 4.98 Å². The van der Waals surface area contributed by atoms with Crippen LogP contribution in [0.2, 0.25) is 0 Å². The van der Waals surface area contributed by atoms with Gasteiger partial charge in [0.15, 0.2) is 0 Å². The molecule has 2 N–H and O–H groups in total. The minimum Gasteiger partial charge on any atom is -0.397 e. The molecule has 0 radical (unpaired) electrons. The molecule has 0 amide bonds. The lowest BCUT2D eigenvalue weighted by molar-refractivity contribution is 1.12. The van der Waals surface area contributed by atoms with Crippen LogP contribution < -0.4 is 5.73 Å². The predicted octanol–water partition coefficient (Wildman–Crippen LogP) is 1.26. The van der Waals surface area contributed by atoms with Crippen LogP contribution in [0.15, 0.2) is 17.3 Å². The smallest absolute Gasteiger partial charge is 0.114 e. The van der Waals surface area contributed by atoms with Crippen molar-refractivity contribution in [3.8, 4) is 6.07 Å². The maximum atomic E-state index is 8.62. The van der Waals surface area contributed by atoms with Crippen molar-refractivity contribution >= 4 is 17.4 Å². The Morgan fingerprint density at radius 1 is 1.73 bits per heavy atom. The number of thioether (sulfide) groups is 1. The lowest BCUT2D eigenvalue weighted by atomic mass is 10.3. The van der Waals surface area contributed by atoms with Crippen LogP contribution in [0.3, 0.4) is 0 Å². The van der Waals surface area contributed by atoms with Crippen LogP contribution in [-0.4, -0.2) is 11.2 Å². The van der Waals surface area contributed by atoms with Gasteiger partial charge in [-0.25, -0.2) is 4.98 Å². The molecule has 0 atom stereocenters. The zero-order valence-electron chi connectivity index (χ0n) is 6.03. The first-order valence-corrected chi connectivity index (χ1v) is 4.20. The topological polar surface area (TPSA) is 62.7 Å². The van der Waals surface area contributed by atoms with Crippen LogP contribution in [0, 0.1) is 11.3 Å². The molecule has 0 bridgehead atoms. The minimum atomic E-state index is 0.527. The monoisotopic (exact) mass is 165 g/mol. The quantitative estimate of drug-likeness (QED) is 0.636. The Morgan fingerprint density at radius 3 is 3.00 bits per heavy atom. The second-order valence-corrected chi connectivity index (χ2v) is 2.73. The van der Waals surface area contributed by atoms with Gasteiger partial charge in [-0.1, -0.05) is 0 Å². The molecule has 0 unspecified atom stereocenters. The predicted molar refractivity (Wildman–Crippen MR) is 45.1 cm³/mol. The zero-order chi connectivity index (χ0) is 8.27. The number of nitrogens with zero attached hydrogens (tertiary/aromatic N) is 2. The summed E-state index contributed by atoms with van der Waals surface area (Å²) in [5.41, 5.74) is 6.50. The molecule has 0 aliphatic carbocycles. The summed E-state index contributed by atoms with van der Waals surface area (Å²) in [4.78, 5) is 3.98. The molecule has 1 rings (SSSR count). The summed E-state index contributed by atoms with van der Waals surface area (Å²) >= 11 is 1.44. The minimum absolute atomic E-state index is 0.527. The first kappa shape index (κ1) is 7.89. The highest BCUT2D eigenvalue weighted by Gasteiger charge is 2.00. The summed E-state index contributed by atoms with van der Waals surface area (Å²) in [5, 5.41) is 9.34. The average Bonchev–Trinajstić information content (AvgIpc) is 2.04. The molecule has 56 valence electrons. The number of pyridine rings is 1. The van der Waals surface area contributed by atoms with E-state index >= 15 is 0 Å². The molecule has 0 aromatic carbocycles. The van der Waals surface area contributed by atoms with Gasteiger partial charge >= 0.3 is 0 Å². The van der Waals surface area contributed by atoms with Crippen molar-refractivity contribution in [2.75, 3.05) is 12.0 Å². The Balaban J connectivity index is 3.19. The van der Waals surface area contributed by atoms with E-state index in [1.54, 1.807) is 12.3 Å². The summed E-state index contributed by atoms with van der Waals surface area (Å²) in [6.45, 7) is 0. The molecule has 0 aliphatic heterocycles. The van der Waals surface area contributed by atoms with E-state index in [0.717, 1.165) is 5.03 Å². The molecule has 0 fully saturated rings. The first-order chi connectivity index (χ1) is 5.27. The van der Waals surface area contributed by atoms with Gasteiger partial charge in [0, 0.05) is 0 Å². The number of nitrogen functional groups attached to an aromatic ring is 1. The third-order valence-electron chi connectivity index (χ3n) is 1.19. The van der Waals surface area contributed by atoms with E-state index in [-0.39, 0.29) is 0 Å². The number of hydrogen-bond acceptors (Lipinski definition) is 4. The highest BCUT2D eigenvalue weighted by molar-refractivity contribution is 7.98. The molecule has 0 saturated carbocycles. The molecule has 1 aromatic heterocycles. The van der Waals surface area contributed by atoms with Crippen LogP contribution >= 0.6 is 11.8 Å². The Labute approximate surface area is 69.2 Å². The van der Waals surface area contributed by atoms with E-state index < -0.39 is 0 Å². The van der Waals surface area contributed by atoms with Gasteiger partial charge < -0.3 is 5.73 Å². The summed E-state index contributed by atoms with van der Waals surface area (Å²) in [6, 6.07) is 3.65. The fraction of sp³-hybridized carbons (Fsp3) is 0.143. The van der Waals surface area contributed by atoms with Gasteiger partial charge in [-0.2, -0.15) is 5.26 Å². The highest BCUT2D eigenvalue weighted by Crippen LogP contribution is 2.17. The van der Waals surface area contributed by atoms with Crippen LogP contribution in [0.4, 0.5) is 5.69 Å². The average molecular weight is 165 g/mol. The normalized spacial score (nSPS) is 9.09. The van der Waals surface area contributed by atoms with E-state index in [1.165, 1.54) is 11.8 Å². The third-order valence-corrected chi connectivity index (χ3v) is 1.90. The summed E-state index contributed by atoms with van der Waals surface area (Å²) in [5.74, 6) is 0. The molecular formula is C7H7N3S. The van der Waals surface area contributed by atoms with Crippen LogP contribution in [-0.2, 0) is 0 Å². The Morgan fingerprint density at radius 2 is 2.45 bits per heavy atom. The van der Waals surface area contributed by atoms with Gasteiger partial charge in [0.2, 0.25) is 0 Å². The van der Waals surface area contributed by atoms with Gasteiger partial charge in [-0.05, 0) is 12.3 Å². The Bertz CT molecular complexity index is 303. The maximum absolute atomic E-state index is 8.62. The van der Waals surface area contributed by atoms with Crippen molar-refractivity contribution in [3.05, 3.63) is 17.8 Å². The van der Waals surface area contributed by atoms with Crippen LogP contribution in [0.1, 0.15) is 5.56 Å². The highest BCUT2D eigenvalue weighted by atomic mass is 32.2. The summed E-state index contributed by atoms with van der Waals surface area (Å²) in [6.07, 6.45) is 3.42. The van der Waals surface area contributed by atoms with Crippen molar-refractivity contribution in [2.24, 2.45) is 0 Å². The summed E-state index contributed by atoms with van der Waals surface area (Å²) < 4.78 is 0. The third kappa shape index (κ3) is 1.63. The standard InChI is InChI=1S/C7H7N3S/c1-11-7-5(3-8)2-6(9)4-10-7/h2,4H,9H2,1H3. The molecule has 3 nitrogen and oxygen atoms in total. The van der Waals surface area contributed by atoms with E-state index in [4.69, 9.17) is 11.0 Å². The zero-order valence-corrected chi connectivity index (χ0v) is 6.85. The van der Waals surface area contributed by atoms with Crippen molar-refractivity contribution in [2.45, 2.75) is 5.03 Å². The Hall–Kier alpha value is -1.21. The van der Waals surface area contributed by atoms with Crippen molar-refractivity contribution in [1.29, 1.82) is 5.26 Å². The largest absolute Gasteiger partial charge is 0.397 e. The molecule has 0 aliphatic rings. The fourth-order valence-corrected chi connectivity index (χ4v) is 1.19. The summed E-state index contributed by atoms with van der Waals surface area (Å²) in [7, 11) is 0. The van der Waals surface area contributed by atoms with Crippen LogP contribution in [0.5, 0.6) is 0 Å². The number of aromatic nitrogens is 1. The van der Waals surface area contributed by atoms with Crippen molar-refractivity contribution in [3.63, 3.8) is 0 Å². The van der Waals surface area contributed by atoms with Crippen LogP contribution in [0.25, 0.3) is 0 Å². The van der Waals surface area contributed by atoms with E-state index in [1.807, 2.05) is 12.3 Å². The molecular weight excluding hydrogens is 158 g/mol. The Kier molecular flexibility index (Phi) is 2.34. The van der Waals surface area contributed by atoms with Gasteiger partial charge in [0.1, 0.15) is 11.1 Å². The second kappa shape index (κ2) is 3.26. The number of nitrogens with two attached hydrogens (primary N) is 1. The lowest BCUT2D eigenvalue weighted by Gasteiger charge is -1.98. The molecule has 1 aromatic rings. The van der Waals surface area contributed by atoms with E-state index in [2.05, 4.69) is 4.98 Å². The number of nitriles is 1. The van der Waals surface area contributed by atoms with E-state index in [0.29, 0.717) is 11.3 Å². The first-order valence-electron chi connectivity index (χ1n) is 2.97. The number of rotatable bonds is 1. The van der Waals surface area contributed by atoms with Gasteiger partial charge in [0.25, 0.3) is 0 Å². The molecule has 1 heterocycles. The van der Waals surface area contributed by atoms with Crippen molar-refractivity contribution < 1.29 is 0 Å².